The van der Waals surface area contributed by atoms with Crippen LogP contribution in [0.2, 0.25) is 5.02 Å². The van der Waals surface area contributed by atoms with Crippen LogP contribution in [0.1, 0.15) is 25.3 Å². The molecular formula is C22H24BrClN2O4. The number of carbonyl (C=O) groups is 2. The molecule has 0 spiro atoms. The predicted molar refractivity (Wildman–Crippen MR) is 120 cm³/mol. The standard InChI is InChI=1S/C22H24BrClN2O4/c1-14-11-16(9-10-25(14)22(28)29)21(27)26(20-8-5-17(24)12-19(20)23)13-15-3-6-18(30-2)7-4-15/h3-8,12,14,16H,9-11,13H2,1-2H3,(H,28,29)/t14-,16-/m0/s1. The van der Waals surface area contributed by atoms with Crippen molar-refractivity contribution in [2.75, 3.05) is 18.6 Å². The number of carbonyl (C=O) groups excluding carboxylic acids is 1. The van der Waals surface area contributed by atoms with E-state index in [1.807, 2.05) is 37.3 Å². The maximum atomic E-state index is 13.6. The normalized spacial score (nSPS) is 18.7. The number of nitrogens with zero attached hydrogens (tertiary/aromatic N) is 2. The number of likely N-dealkylation sites (tertiary alicyclic amines) is 1. The average molecular weight is 496 g/mol. The molecule has 6 nitrogen and oxygen atoms in total. The maximum absolute atomic E-state index is 13.6. The van der Waals surface area contributed by atoms with E-state index in [0.29, 0.717) is 31.0 Å². The van der Waals surface area contributed by atoms with Gasteiger partial charge in [0.1, 0.15) is 5.75 Å². The van der Waals surface area contributed by atoms with Crippen molar-refractivity contribution in [1.29, 1.82) is 0 Å². The minimum absolute atomic E-state index is 0.0225. The van der Waals surface area contributed by atoms with Crippen LogP contribution < -0.4 is 9.64 Å². The Balaban J connectivity index is 1.88. The Bertz CT molecular complexity index is 922. The number of rotatable bonds is 5. The summed E-state index contributed by atoms with van der Waals surface area (Å²) in [5.41, 5.74) is 1.69. The molecule has 2 aromatic carbocycles. The summed E-state index contributed by atoms with van der Waals surface area (Å²) in [6.07, 6.45) is 0.0545. The Morgan fingerprint density at radius 2 is 1.97 bits per heavy atom. The highest BCUT2D eigenvalue weighted by molar-refractivity contribution is 9.10. The quantitative estimate of drug-likeness (QED) is 0.601. The summed E-state index contributed by atoms with van der Waals surface area (Å²) in [4.78, 5) is 28.1. The van der Waals surface area contributed by atoms with Crippen molar-refractivity contribution in [2.45, 2.75) is 32.4 Å². The number of ether oxygens (including phenoxy) is 1. The molecular weight excluding hydrogens is 472 g/mol. The minimum Gasteiger partial charge on any atom is -0.497 e. The fourth-order valence-corrected chi connectivity index (χ4v) is 4.69. The minimum atomic E-state index is -0.941. The van der Waals surface area contributed by atoms with Crippen LogP contribution in [0.25, 0.3) is 0 Å². The third kappa shape index (κ3) is 5.08. The monoisotopic (exact) mass is 494 g/mol. The molecule has 1 aliphatic heterocycles. The van der Waals surface area contributed by atoms with E-state index in [1.54, 1.807) is 24.1 Å². The number of anilines is 1. The first-order chi connectivity index (χ1) is 14.3. The van der Waals surface area contributed by atoms with Gasteiger partial charge in [-0.3, -0.25) is 4.79 Å². The molecule has 0 aromatic heterocycles. The Labute approximate surface area is 189 Å². The summed E-state index contributed by atoms with van der Waals surface area (Å²) in [5.74, 6) is 0.473. The number of methoxy groups -OCH3 is 1. The molecule has 30 heavy (non-hydrogen) atoms. The van der Waals surface area contributed by atoms with E-state index >= 15 is 0 Å². The molecule has 2 atom stereocenters. The molecule has 8 heteroatoms. The van der Waals surface area contributed by atoms with E-state index in [9.17, 15) is 14.7 Å². The zero-order valence-corrected chi connectivity index (χ0v) is 19.2. The van der Waals surface area contributed by atoms with Gasteiger partial charge in [-0.15, -0.1) is 0 Å². The Morgan fingerprint density at radius 1 is 1.27 bits per heavy atom. The molecule has 1 saturated heterocycles. The van der Waals surface area contributed by atoms with Crippen LogP contribution in [0.15, 0.2) is 46.9 Å². The Hall–Kier alpha value is -2.25. The second kappa shape index (κ2) is 9.71. The fourth-order valence-electron chi connectivity index (χ4n) is 3.80. The lowest BCUT2D eigenvalue weighted by atomic mass is 9.90. The summed E-state index contributed by atoms with van der Waals surface area (Å²) in [5, 5.41) is 9.90. The van der Waals surface area contributed by atoms with Crippen LogP contribution in [0.3, 0.4) is 0 Å². The summed E-state index contributed by atoms with van der Waals surface area (Å²) in [7, 11) is 1.61. The molecule has 1 N–H and O–H groups in total. The highest BCUT2D eigenvalue weighted by atomic mass is 79.9. The van der Waals surface area contributed by atoms with Gasteiger partial charge < -0.3 is 19.6 Å². The smallest absolute Gasteiger partial charge is 0.407 e. The predicted octanol–water partition coefficient (Wildman–Crippen LogP) is 5.42. The largest absolute Gasteiger partial charge is 0.497 e. The van der Waals surface area contributed by atoms with Gasteiger partial charge in [0.25, 0.3) is 0 Å². The number of halogens is 2. The second-order valence-corrected chi connectivity index (χ2v) is 8.71. The number of piperidine rings is 1. The van der Waals surface area contributed by atoms with Crippen molar-refractivity contribution in [3.63, 3.8) is 0 Å². The van der Waals surface area contributed by atoms with Gasteiger partial charge >= 0.3 is 6.09 Å². The number of hydrogen-bond donors (Lipinski definition) is 1. The van der Waals surface area contributed by atoms with Crippen molar-refractivity contribution >= 4 is 45.2 Å². The number of carboxylic acid groups (broad SMARTS) is 1. The molecule has 1 heterocycles. The third-order valence-electron chi connectivity index (χ3n) is 5.44. The van der Waals surface area contributed by atoms with Gasteiger partial charge in [-0.05, 0) is 71.6 Å². The molecule has 1 fully saturated rings. The van der Waals surface area contributed by atoms with Gasteiger partial charge in [-0.25, -0.2) is 4.79 Å². The first-order valence-electron chi connectivity index (χ1n) is 9.69. The summed E-state index contributed by atoms with van der Waals surface area (Å²) in [6, 6.07) is 12.7. The molecule has 0 saturated carbocycles. The van der Waals surface area contributed by atoms with Crippen LogP contribution in [0.4, 0.5) is 10.5 Å². The average Bonchev–Trinajstić information content (AvgIpc) is 2.72. The van der Waals surface area contributed by atoms with Crippen molar-refractivity contribution in [2.24, 2.45) is 5.92 Å². The van der Waals surface area contributed by atoms with Crippen molar-refractivity contribution < 1.29 is 19.4 Å². The van der Waals surface area contributed by atoms with Crippen molar-refractivity contribution in [3.8, 4) is 5.75 Å². The van der Waals surface area contributed by atoms with Crippen LogP contribution in [0, 0.1) is 5.92 Å². The van der Waals surface area contributed by atoms with E-state index in [1.165, 1.54) is 4.90 Å². The number of hydrogen-bond acceptors (Lipinski definition) is 3. The van der Waals surface area contributed by atoms with E-state index in [0.717, 1.165) is 21.5 Å². The van der Waals surface area contributed by atoms with Gasteiger partial charge in [-0.1, -0.05) is 23.7 Å². The van der Waals surface area contributed by atoms with E-state index in [-0.39, 0.29) is 17.9 Å². The molecule has 1 aliphatic rings. The van der Waals surface area contributed by atoms with E-state index < -0.39 is 6.09 Å². The Morgan fingerprint density at radius 3 is 2.53 bits per heavy atom. The molecule has 2 amide bonds. The lowest BCUT2D eigenvalue weighted by Crippen LogP contribution is -2.48. The second-order valence-electron chi connectivity index (χ2n) is 7.41. The molecule has 160 valence electrons. The zero-order valence-electron chi connectivity index (χ0n) is 16.8. The van der Waals surface area contributed by atoms with Gasteiger partial charge in [0.15, 0.2) is 0 Å². The maximum Gasteiger partial charge on any atom is 0.407 e. The first-order valence-corrected chi connectivity index (χ1v) is 10.9. The molecule has 3 rings (SSSR count). The van der Waals surface area contributed by atoms with Crippen LogP contribution in [-0.4, -0.2) is 41.7 Å². The molecule has 0 aliphatic carbocycles. The first kappa shape index (κ1) is 22.4. The summed E-state index contributed by atoms with van der Waals surface area (Å²) >= 11 is 9.63. The highest BCUT2D eigenvalue weighted by Crippen LogP contribution is 2.34. The topological polar surface area (TPSA) is 70.1 Å². The van der Waals surface area contributed by atoms with Gasteiger partial charge in [0, 0.05) is 28.0 Å². The van der Waals surface area contributed by atoms with Gasteiger partial charge in [0.2, 0.25) is 5.91 Å². The molecule has 2 aromatic rings. The number of benzene rings is 2. The lowest BCUT2D eigenvalue weighted by molar-refractivity contribution is -0.124. The molecule has 0 bridgehead atoms. The summed E-state index contributed by atoms with van der Waals surface area (Å²) < 4.78 is 5.95. The van der Waals surface area contributed by atoms with Crippen molar-refractivity contribution in [3.05, 3.63) is 57.5 Å². The van der Waals surface area contributed by atoms with Gasteiger partial charge in [-0.2, -0.15) is 0 Å². The Kier molecular flexibility index (Phi) is 7.26. The summed E-state index contributed by atoms with van der Waals surface area (Å²) in [6.45, 7) is 2.58. The zero-order chi connectivity index (χ0) is 21.8. The third-order valence-corrected chi connectivity index (χ3v) is 6.31. The lowest BCUT2D eigenvalue weighted by Gasteiger charge is -2.37. The van der Waals surface area contributed by atoms with Crippen molar-refractivity contribution in [1.82, 2.24) is 4.90 Å². The highest BCUT2D eigenvalue weighted by Gasteiger charge is 2.35. The van der Waals surface area contributed by atoms with Gasteiger partial charge in [0.05, 0.1) is 19.3 Å². The molecule has 0 radical (unpaired) electrons. The fraction of sp³-hybridized carbons (Fsp3) is 0.364. The van der Waals surface area contributed by atoms with E-state index in [4.69, 9.17) is 16.3 Å². The van der Waals surface area contributed by atoms with Crippen LogP contribution in [0.5, 0.6) is 5.75 Å². The van der Waals surface area contributed by atoms with Crippen LogP contribution >= 0.6 is 27.5 Å². The number of amides is 2. The SMILES string of the molecule is COc1ccc(CN(C(=O)[C@H]2CCN(C(=O)O)[C@@H](C)C2)c2ccc(Cl)cc2Br)cc1. The van der Waals surface area contributed by atoms with E-state index in [2.05, 4.69) is 15.9 Å². The van der Waals surface area contributed by atoms with Crippen LogP contribution in [-0.2, 0) is 11.3 Å². The molecule has 0 unspecified atom stereocenters.